The topological polar surface area (TPSA) is 3.24 Å². The zero-order chi connectivity index (χ0) is 10.6. The van der Waals surface area contributed by atoms with Crippen LogP contribution in [0.15, 0.2) is 22.7 Å². The van der Waals surface area contributed by atoms with Crippen LogP contribution in [0.4, 0.5) is 4.39 Å². The van der Waals surface area contributed by atoms with E-state index in [-0.39, 0.29) is 5.82 Å². The summed E-state index contributed by atoms with van der Waals surface area (Å²) >= 11 is 3.26. The molecule has 1 aromatic carbocycles. The predicted octanol–water partition coefficient (Wildman–Crippen LogP) is 3.08. The SMILES string of the molecule is CN(C)CCCc1cccc(F)c1Br. The van der Waals surface area contributed by atoms with Crippen molar-refractivity contribution in [3.8, 4) is 0 Å². The molecule has 0 aromatic heterocycles. The number of rotatable bonds is 4. The van der Waals surface area contributed by atoms with Gasteiger partial charge in [-0.05, 0) is 61.0 Å². The first-order valence-corrected chi connectivity index (χ1v) is 5.48. The number of benzene rings is 1. The Morgan fingerprint density at radius 3 is 2.71 bits per heavy atom. The van der Waals surface area contributed by atoms with Crippen LogP contribution in [0.1, 0.15) is 12.0 Å². The number of hydrogen-bond acceptors (Lipinski definition) is 1. The maximum absolute atomic E-state index is 13.1. The van der Waals surface area contributed by atoms with E-state index in [1.807, 2.05) is 20.2 Å². The number of halogens is 2. The fourth-order valence-corrected chi connectivity index (χ4v) is 1.79. The molecule has 0 unspecified atom stereocenters. The maximum atomic E-state index is 13.1. The van der Waals surface area contributed by atoms with Gasteiger partial charge >= 0.3 is 0 Å². The van der Waals surface area contributed by atoms with Crippen LogP contribution in [0.5, 0.6) is 0 Å². The van der Waals surface area contributed by atoms with Crippen LogP contribution in [-0.2, 0) is 6.42 Å². The van der Waals surface area contributed by atoms with Crippen molar-refractivity contribution in [2.24, 2.45) is 0 Å². The summed E-state index contributed by atoms with van der Waals surface area (Å²) in [7, 11) is 4.08. The molecule has 0 heterocycles. The average Bonchev–Trinajstić information content (AvgIpc) is 2.12. The first kappa shape index (κ1) is 11.7. The van der Waals surface area contributed by atoms with Crippen molar-refractivity contribution in [3.63, 3.8) is 0 Å². The summed E-state index contributed by atoms with van der Waals surface area (Å²) < 4.78 is 13.7. The fraction of sp³-hybridized carbons (Fsp3) is 0.455. The van der Waals surface area contributed by atoms with Gasteiger partial charge in [0.15, 0.2) is 0 Å². The largest absolute Gasteiger partial charge is 0.309 e. The molecular weight excluding hydrogens is 245 g/mol. The Balaban J connectivity index is 2.54. The standard InChI is InChI=1S/C11H15BrFN/c1-14(2)8-4-6-9-5-3-7-10(13)11(9)12/h3,5,7H,4,6,8H2,1-2H3. The first-order chi connectivity index (χ1) is 6.61. The molecule has 0 aliphatic heterocycles. The second-order valence-corrected chi connectivity index (χ2v) is 4.41. The van der Waals surface area contributed by atoms with E-state index >= 15 is 0 Å². The van der Waals surface area contributed by atoms with Crippen LogP contribution < -0.4 is 0 Å². The third-order valence-electron chi connectivity index (χ3n) is 2.08. The summed E-state index contributed by atoms with van der Waals surface area (Å²) in [5.41, 5.74) is 1.05. The van der Waals surface area contributed by atoms with Gasteiger partial charge in [0.2, 0.25) is 0 Å². The van der Waals surface area contributed by atoms with Crippen LogP contribution in [0, 0.1) is 5.82 Å². The lowest BCUT2D eigenvalue weighted by Gasteiger charge is -2.09. The molecule has 0 spiro atoms. The van der Waals surface area contributed by atoms with Crippen molar-refractivity contribution in [1.29, 1.82) is 0 Å². The van der Waals surface area contributed by atoms with Crippen molar-refractivity contribution >= 4 is 15.9 Å². The van der Waals surface area contributed by atoms with Gasteiger partial charge < -0.3 is 4.90 Å². The Morgan fingerprint density at radius 2 is 2.07 bits per heavy atom. The molecule has 0 fully saturated rings. The van der Waals surface area contributed by atoms with Gasteiger partial charge in [0.05, 0.1) is 4.47 Å². The number of nitrogens with zero attached hydrogens (tertiary/aromatic N) is 1. The normalized spacial score (nSPS) is 10.9. The summed E-state index contributed by atoms with van der Waals surface area (Å²) in [6.45, 7) is 1.03. The minimum Gasteiger partial charge on any atom is -0.309 e. The van der Waals surface area contributed by atoms with Gasteiger partial charge in [0.25, 0.3) is 0 Å². The quantitative estimate of drug-likeness (QED) is 0.804. The second kappa shape index (κ2) is 5.47. The van der Waals surface area contributed by atoms with Crippen molar-refractivity contribution in [1.82, 2.24) is 4.90 Å². The lowest BCUT2D eigenvalue weighted by atomic mass is 10.1. The van der Waals surface area contributed by atoms with Gasteiger partial charge in [-0.3, -0.25) is 0 Å². The Labute approximate surface area is 93.0 Å². The van der Waals surface area contributed by atoms with E-state index < -0.39 is 0 Å². The molecule has 3 heteroatoms. The van der Waals surface area contributed by atoms with Gasteiger partial charge in [-0.25, -0.2) is 4.39 Å². The maximum Gasteiger partial charge on any atom is 0.137 e. The highest BCUT2D eigenvalue weighted by molar-refractivity contribution is 9.10. The van der Waals surface area contributed by atoms with Crippen molar-refractivity contribution in [2.75, 3.05) is 20.6 Å². The van der Waals surface area contributed by atoms with Crippen molar-refractivity contribution in [2.45, 2.75) is 12.8 Å². The lowest BCUT2D eigenvalue weighted by molar-refractivity contribution is 0.400. The van der Waals surface area contributed by atoms with Crippen LogP contribution in [0.25, 0.3) is 0 Å². The van der Waals surface area contributed by atoms with Crippen LogP contribution >= 0.6 is 15.9 Å². The van der Waals surface area contributed by atoms with Gasteiger partial charge in [-0.15, -0.1) is 0 Å². The molecule has 1 nitrogen and oxygen atoms in total. The molecule has 0 saturated heterocycles. The summed E-state index contributed by atoms with van der Waals surface area (Å²) in [6, 6.07) is 5.19. The Hall–Kier alpha value is -0.410. The van der Waals surface area contributed by atoms with E-state index in [2.05, 4.69) is 20.8 Å². The summed E-state index contributed by atoms with van der Waals surface area (Å²) in [4.78, 5) is 2.13. The van der Waals surface area contributed by atoms with Crippen molar-refractivity contribution in [3.05, 3.63) is 34.1 Å². The van der Waals surface area contributed by atoms with E-state index in [1.165, 1.54) is 6.07 Å². The molecule has 1 aromatic rings. The molecule has 14 heavy (non-hydrogen) atoms. The van der Waals surface area contributed by atoms with Crippen LogP contribution in [-0.4, -0.2) is 25.5 Å². The van der Waals surface area contributed by atoms with Crippen LogP contribution in [0.3, 0.4) is 0 Å². The zero-order valence-corrected chi connectivity index (χ0v) is 10.1. The molecule has 0 bridgehead atoms. The van der Waals surface area contributed by atoms with Gasteiger partial charge in [-0.1, -0.05) is 12.1 Å². The molecular formula is C11H15BrFN. The van der Waals surface area contributed by atoms with Gasteiger partial charge in [-0.2, -0.15) is 0 Å². The zero-order valence-electron chi connectivity index (χ0n) is 8.56. The number of aryl methyl sites for hydroxylation is 1. The monoisotopic (exact) mass is 259 g/mol. The predicted molar refractivity (Wildman–Crippen MR) is 61.0 cm³/mol. The summed E-state index contributed by atoms with van der Waals surface area (Å²) in [5.74, 6) is -0.174. The molecule has 0 radical (unpaired) electrons. The van der Waals surface area contributed by atoms with E-state index in [0.717, 1.165) is 24.9 Å². The van der Waals surface area contributed by atoms with Crippen molar-refractivity contribution < 1.29 is 4.39 Å². The highest BCUT2D eigenvalue weighted by atomic mass is 79.9. The molecule has 0 aliphatic rings. The molecule has 1 rings (SSSR count). The highest BCUT2D eigenvalue weighted by Crippen LogP contribution is 2.21. The lowest BCUT2D eigenvalue weighted by Crippen LogP contribution is -2.13. The van der Waals surface area contributed by atoms with Gasteiger partial charge in [0, 0.05) is 0 Å². The first-order valence-electron chi connectivity index (χ1n) is 4.69. The molecule has 0 saturated carbocycles. The third-order valence-corrected chi connectivity index (χ3v) is 2.97. The summed E-state index contributed by atoms with van der Waals surface area (Å²) in [6.07, 6.45) is 1.96. The minimum absolute atomic E-state index is 0.174. The Bertz CT molecular complexity index is 299. The molecule has 0 aliphatic carbocycles. The Morgan fingerprint density at radius 1 is 1.36 bits per heavy atom. The molecule has 0 N–H and O–H groups in total. The minimum atomic E-state index is -0.174. The smallest absolute Gasteiger partial charge is 0.137 e. The van der Waals surface area contributed by atoms with E-state index in [9.17, 15) is 4.39 Å². The highest BCUT2D eigenvalue weighted by Gasteiger charge is 2.04. The fourth-order valence-electron chi connectivity index (χ4n) is 1.33. The van der Waals surface area contributed by atoms with E-state index in [1.54, 1.807) is 6.07 Å². The number of hydrogen-bond donors (Lipinski definition) is 0. The van der Waals surface area contributed by atoms with E-state index in [4.69, 9.17) is 0 Å². The molecule has 0 atom stereocenters. The Kier molecular flexibility index (Phi) is 4.55. The van der Waals surface area contributed by atoms with Crippen LogP contribution in [0.2, 0.25) is 0 Å². The molecule has 0 amide bonds. The summed E-state index contributed by atoms with van der Waals surface area (Å²) in [5, 5.41) is 0. The second-order valence-electron chi connectivity index (χ2n) is 3.62. The van der Waals surface area contributed by atoms with Gasteiger partial charge in [0.1, 0.15) is 5.82 Å². The molecule has 78 valence electrons. The third kappa shape index (κ3) is 3.39. The average molecular weight is 260 g/mol. The van der Waals surface area contributed by atoms with E-state index in [0.29, 0.717) is 4.47 Å².